The van der Waals surface area contributed by atoms with Gasteiger partial charge >= 0.3 is 6.09 Å². The van der Waals surface area contributed by atoms with Crippen LogP contribution in [0, 0.1) is 11.6 Å². The van der Waals surface area contributed by atoms with Crippen molar-refractivity contribution in [2.24, 2.45) is 0 Å². The van der Waals surface area contributed by atoms with Gasteiger partial charge in [-0.1, -0.05) is 11.3 Å². The lowest BCUT2D eigenvalue weighted by molar-refractivity contribution is 0.0172. The lowest BCUT2D eigenvalue weighted by Gasteiger charge is -2.15. The summed E-state index contributed by atoms with van der Waals surface area (Å²) in [5.41, 5.74) is 4.07. The summed E-state index contributed by atoms with van der Waals surface area (Å²) in [6, 6.07) is 8.62. The second-order valence-electron chi connectivity index (χ2n) is 7.62. The lowest BCUT2D eigenvalue weighted by atomic mass is 10.0. The van der Waals surface area contributed by atoms with Gasteiger partial charge in [0.15, 0.2) is 0 Å². The number of halogens is 2. The molecule has 1 fully saturated rings. The number of aliphatic hydroxyl groups is 1. The zero-order valence-electron chi connectivity index (χ0n) is 17.2. The van der Waals surface area contributed by atoms with E-state index in [-0.39, 0.29) is 24.3 Å². The number of hydrogen-bond donors (Lipinski definition) is 2. The highest BCUT2D eigenvalue weighted by molar-refractivity contribution is 5.90. The quantitative estimate of drug-likeness (QED) is 0.589. The Bertz CT molecular complexity index is 1220. The summed E-state index contributed by atoms with van der Waals surface area (Å²) in [5, 5.41) is 16.7. The number of cyclic esters (lactones) is 1. The summed E-state index contributed by atoms with van der Waals surface area (Å²) < 4.78 is 36.6. The molecule has 0 saturated carbocycles. The molecule has 0 bridgehead atoms. The minimum absolute atomic E-state index is 0.189. The number of ether oxygens (including phenoxy) is 1. The van der Waals surface area contributed by atoms with Gasteiger partial charge in [-0.05, 0) is 42.0 Å². The Balaban J connectivity index is 1.34. The van der Waals surface area contributed by atoms with E-state index in [4.69, 9.17) is 14.7 Å². The molecule has 11 heteroatoms. The summed E-state index contributed by atoms with van der Waals surface area (Å²) in [7, 11) is 0. The third-order valence-electron chi connectivity index (χ3n) is 5.42. The molecule has 2 aromatic carbocycles. The van der Waals surface area contributed by atoms with Crippen LogP contribution >= 0.6 is 0 Å². The predicted molar refractivity (Wildman–Crippen MR) is 113 cm³/mol. The zero-order chi connectivity index (χ0) is 22.9. The molecule has 1 unspecified atom stereocenters. The fraction of sp³-hybridized carbons (Fsp3) is 0.227. The van der Waals surface area contributed by atoms with Gasteiger partial charge in [0, 0.05) is 17.3 Å². The lowest BCUT2D eigenvalue weighted by Crippen LogP contribution is -2.26. The van der Waals surface area contributed by atoms with E-state index in [9.17, 15) is 13.6 Å². The number of carbonyl (C=O) groups is 1. The molecular formula is C22H19F2N5O4. The maximum absolute atomic E-state index is 15.0. The number of nitrogens with one attached hydrogen (secondary N) is 1. The van der Waals surface area contributed by atoms with Crippen LogP contribution in [0.25, 0.3) is 16.8 Å². The van der Waals surface area contributed by atoms with Crippen LogP contribution in [0.15, 0.2) is 54.9 Å². The van der Waals surface area contributed by atoms with Gasteiger partial charge in [-0.2, -0.15) is 0 Å². The minimum Gasteiger partial charge on any atom is -0.442 e. The van der Waals surface area contributed by atoms with Crippen LogP contribution < -0.4 is 10.4 Å². The molecule has 2 aliphatic heterocycles. The van der Waals surface area contributed by atoms with Gasteiger partial charge in [-0.25, -0.2) is 18.3 Å². The molecular weight excluding hydrogens is 436 g/mol. The first-order chi connectivity index (χ1) is 16.0. The van der Waals surface area contributed by atoms with Crippen molar-refractivity contribution < 1.29 is 28.3 Å². The van der Waals surface area contributed by atoms with Crippen molar-refractivity contribution in [2.45, 2.75) is 18.8 Å². The molecule has 1 saturated heterocycles. The van der Waals surface area contributed by atoms with E-state index in [0.717, 1.165) is 0 Å². The second kappa shape index (κ2) is 8.60. The van der Waals surface area contributed by atoms with Crippen LogP contribution in [0.5, 0.6) is 0 Å². The van der Waals surface area contributed by atoms with E-state index in [0.29, 0.717) is 23.5 Å². The number of carbonyl (C=O) groups excluding carboxylic acids is 1. The third-order valence-corrected chi connectivity index (χ3v) is 5.42. The van der Waals surface area contributed by atoms with Gasteiger partial charge in [0.05, 0.1) is 37.3 Å². The Labute approximate surface area is 186 Å². The molecule has 9 nitrogen and oxygen atoms in total. The van der Waals surface area contributed by atoms with Crippen molar-refractivity contribution in [1.29, 1.82) is 0 Å². The largest absolute Gasteiger partial charge is 0.442 e. The number of hydroxylamine groups is 1. The smallest absolute Gasteiger partial charge is 0.414 e. The molecule has 2 N–H and O–H groups in total. The van der Waals surface area contributed by atoms with Crippen molar-refractivity contribution in [2.75, 3.05) is 18.1 Å². The Hall–Kier alpha value is -3.83. The molecule has 0 spiro atoms. The number of rotatable bonds is 6. The average Bonchev–Trinajstić information content (AvgIpc) is 3.55. The standard InChI is InChI=1S/C22H19F2N5O4/c23-19-7-13(1-3-18(19)21-9-15(12-30)33-26-21)17-4-2-14(8-20(17)24)29-11-16(32-22(29)31)10-28-6-5-25-27-28/h1-9,15-16,26,30H,10-12H2/t15?,16-/m0/s1. The fourth-order valence-electron chi connectivity index (χ4n) is 3.80. The first-order valence-corrected chi connectivity index (χ1v) is 10.2. The summed E-state index contributed by atoms with van der Waals surface area (Å²) >= 11 is 0. The Morgan fingerprint density at radius 2 is 1.97 bits per heavy atom. The van der Waals surface area contributed by atoms with E-state index < -0.39 is 29.9 Å². The number of benzene rings is 2. The summed E-state index contributed by atoms with van der Waals surface area (Å²) in [4.78, 5) is 18.7. The molecule has 5 rings (SSSR count). The summed E-state index contributed by atoms with van der Waals surface area (Å²) in [5.74, 6) is -1.18. The first kappa shape index (κ1) is 21.0. The van der Waals surface area contributed by atoms with Gasteiger partial charge in [0.1, 0.15) is 23.8 Å². The van der Waals surface area contributed by atoms with Crippen molar-refractivity contribution in [3.05, 3.63) is 72.1 Å². The van der Waals surface area contributed by atoms with Gasteiger partial charge < -0.3 is 9.84 Å². The van der Waals surface area contributed by atoms with E-state index in [2.05, 4.69) is 15.8 Å². The van der Waals surface area contributed by atoms with Crippen molar-refractivity contribution in [1.82, 2.24) is 20.5 Å². The maximum atomic E-state index is 15.0. The molecule has 2 atom stereocenters. The topological polar surface area (TPSA) is 102 Å². The Morgan fingerprint density at radius 1 is 1.15 bits per heavy atom. The van der Waals surface area contributed by atoms with Gasteiger partial charge in [0.25, 0.3) is 0 Å². The van der Waals surface area contributed by atoms with E-state index in [1.54, 1.807) is 29.1 Å². The fourth-order valence-corrected chi connectivity index (χ4v) is 3.80. The Morgan fingerprint density at radius 3 is 2.67 bits per heavy atom. The van der Waals surface area contributed by atoms with Crippen molar-refractivity contribution in [3.8, 4) is 11.1 Å². The number of nitrogens with zero attached hydrogens (tertiary/aromatic N) is 4. The maximum Gasteiger partial charge on any atom is 0.414 e. The summed E-state index contributed by atoms with van der Waals surface area (Å²) in [6.07, 6.45) is 3.17. The van der Waals surface area contributed by atoms with E-state index in [1.165, 1.54) is 35.4 Å². The van der Waals surface area contributed by atoms with Crippen LogP contribution in [-0.4, -0.2) is 51.6 Å². The minimum atomic E-state index is -0.603. The SMILES string of the molecule is O=C1O[C@@H](Cn2ccnn2)CN1c1ccc(-c2ccc(C3=CC(CO)ON3)c(F)c2)c(F)c1. The van der Waals surface area contributed by atoms with Crippen LogP contribution in [0.4, 0.5) is 19.3 Å². The van der Waals surface area contributed by atoms with Crippen LogP contribution in [-0.2, 0) is 16.1 Å². The number of amides is 1. The van der Waals surface area contributed by atoms with Gasteiger partial charge in [0.2, 0.25) is 0 Å². The highest BCUT2D eigenvalue weighted by Crippen LogP contribution is 2.31. The Kier molecular flexibility index (Phi) is 5.48. The number of hydrogen-bond acceptors (Lipinski definition) is 7. The van der Waals surface area contributed by atoms with Crippen LogP contribution in [0.3, 0.4) is 0 Å². The first-order valence-electron chi connectivity index (χ1n) is 10.2. The summed E-state index contributed by atoms with van der Waals surface area (Å²) in [6.45, 7) is 0.336. The second-order valence-corrected chi connectivity index (χ2v) is 7.62. The molecule has 33 heavy (non-hydrogen) atoms. The average molecular weight is 455 g/mol. The van der Waals surface area contributed by atoms with E-state index in [1.807, 2.05) is 0 Å². The van der Waals surface area contributed by atoms with Crippen molar-refractivity contribution in [3.63, 3.8) is 0 Å². The molecule has 2 aliphatic rings. The molecule has 0 radical (unpaired) electrons. The molecule has 3 heterocycles. The monoisotopic (exact) mass is 455 g/mol. The zero-order valence-corrected chi connectivity index (χ0v) is 17.2. The van der Waals surface area contributed by atoms with E-state index >= 15 is 0 Å². The molecule has 170 valence electrons. The molecule has 1 aromatic heterocycles. The normalized spacial score (nSPS) is 20.0. The van der Waals surface area contributed by atoms with Crippen LogP contribution in [0.2, 0.25) is 0 Å². The molecule has 1 amide bonds. The molecule has 0 aliphatic carbocycles. The third kappa shape index (κ3) is 4.15. The number of aliphatic hydroxyl groups excluding tert-OH is 1. The highest BCUT2D eigenvalue weighted by Gasteiger charge is 2.33. The highest BCUT2D eigenvalue weighted by atomic mass is 19.1. The van der Waals surface area contributed by atoms with Crippen LogP contribution in [0.1, 0.15) is 5.56 Å². The number of aromatic nitrogens is 3. The predicted octanol–water partition coefficient (Wildman–Crippen LogP) is 2.49. The molecule has 3 aromatic rings. The van der Waals surface area contributed by atoms with Gasteiger partial charge in [-0.3, -0.25) is 15.2 Å². The number of anilines is 1. The van der Waals surface area contributed by atoms with Crippen molar-refractivity contribution >= 4 is 17.5 Å². The van der Waals surface area contributed by atoms with Gasteiger partial charge in [-0.15, -0.1) is 5.10 Å².